The molecule has 2 N–H and O–H groups in total. The van der Waals surface area contributed by atoms with Gasteiger partial charge in [0.15, 0.2) is 0 Å². The number of aryl methyl sites for hydroxylation is 1. The summed E-state index contributed by atoms with van der Waals surface area (Å²) in [5, 5.41) is 19.0. The molecule has 0 aliphatic rings. The molecule has 0 radical (unpaired) electrons. The minimum Gasteiger partial charge on any atom is -0.416 e. The third kappa shape index (κ3) is 3.44. The fourth-order valence-electron chi connectivity index (χ4n) is 3.22. The van der Waals surface area contributed by atoms with Crippen molar-refractivity contribution in [2.75, 3.05) is 5.32 Å². The number of aromatic amines is 1. The Labute approximate surface area is 171 Å². The average Bonchev–Trinajstić information content (AvgIpc) is 3.43. The van der Waals surface area contributed by atoms with Gasteiger partial charge < -0.3 is 9.73 Å². The Kier molecular flexibility index (Phi) is 4.33. The highest BCUT2D eigenvalue weighted by molar-refractivity contribution is 6.05. The zero-order chi connectivity index (χ0) is 20.5. The number of rotatable bonds is 4. The van der Waals surface area contributed by atoms with Crippen LogP contribution in [0.25, 0.3) is 33.8 Å². The first-order valence-corrected chi connectivity index (χ1v) is 9.41. The number of carbonyl (C=O) groups excluding carboxylic acids is 1. The number of fused-ring (bicyclic) bond motifs is 1. The lowest BCUT2D eigenvalue weighted by molar-refractivity contribution is 0.102. The summed E-state index contributed by atoms with van der Waals surface area (Å²) >= 11 is 0. The minimum absolute atomic E-state index is 0.199. The molecule has 5 aromatic rings. The van der Waals surface area contributed by atoms with Crippen molar-refractivity contribution in [2.24, 2.45) is 0 Å². The van der Waals surface area contributed by atoms with Crippen molar-refractivity contribution in [3.05, 3.63) is 84.1 Å². The molecule has 0 atom stereocenters. The van der Waals surface area contributed by atoms with Crippen LogP contribution in [0.3, 0.4) is 0 Å². The lowest BCUT2D eigenvalue weighted by atomic mass is 10.1. The maximum atomic E-state index is 12.6. The van der Waals surface area contributed by atoms with Crippen LogP contribution in [0, 0.1) is 6.92 Å². The Morgan fingerprint density at radius 3 is 2.53 bits per heavy atom. The minimum atomic E-state index is -0.199. The predicted molar refractivity (Wildman–Crippen MR) is 114 cm³/mol. The highest BCUT2D eigenvalue weighted by Gasteiger charge is 2.12. The van der Waals surface area contributed by atoms with Crippen molar-refractivity contribution in [3.8, 4) is 22.9 Å². The molecule has 2 heterocycles. The van der Waals surface area contributed by atoms with Gasteiger partial charge in [0.1, 0.15) is 0 Å². The number of amides is 1. The predicted octanol–water partition coefficient (Wildman–Crippen LogP) is 4.84. The second-order valence-electron chi connectivity index (χ2n) is 6.99. The molecule has 0 spiro atoms. The fraction of sp³-hybridized carbons (Fsp3) is 0.0435. The Morgan fingerprint density at radius 1 is 0.933 bits per heavy atom. The van der Waals surface area contributed by atoms with Crippen LogP contribution in [-0.2, 0) is 0 Å². The second kappa shape index (κ2) is 7.29. The molecule has 7 heteroatoms. The highest BCUT2D eigenvalue weighted by Crippen LogP contribution is 2.25. The van der Waals surface area contributed by atoms with Crippen molar-refractivity contribution in [2.45, 2.75) is 6.92 Å². The van der Waals surface area contributed by atoms with Crippen LogP contribution in [0.15, 0.2) is 77.3 Å². The Hall–Kier alpha value is -4.26. The van der Waals surface area contributed by atoms with Crippen molar-refractivity contribution in [3.63, 3.8) is 0 Å². The summed E-state index contributed by atoms with van der Waals surface area (Å²) in [6.45, 7) is 2.01. The van der Waals surface area contributed by atoms with Crippen LogP contribution in [0.1, 0.15) is 15.9 Å². The molecule has 2 aromatic heterocycles. The number of hydrogen-bond donors (Lipinski definition) is 2. The van der Waals surface area contributed by atoms with Crippen LogP contribution in [0.5, 0.6) is 0 Å². The molecule has 5 rings (SSSR count). The molecule has 0 unspecified atom stereocenters. The van der Waals surface area contributed by atoms with Gasteiger partial charge in [0, 0.05) is 27.8 Å². The van der Waals surface area contributed by atoms with E-state index in [1.807, 2.05) is 49.4 Å². The summed E-state index contributed by atoms with van der Waals surface area (Å²) < 4.78 is 5.81. The van der Waals surface area contributed by atoms with E-state index in [2.05, 4.69) is 25.7 Å². The summed E-state index contributed by atoms with van der Waals surface area (Å²) in [5.74, 6) is 0.671. The maximum Gasteiger partial charge on any atom is 0.255 e. The average molecular weight is 395 g/mol. The van der Waals surface area contributed by atoms with E-state index in [1.54, 1.807) is 30.5 Å². The summed E-state index contributed by atoms with van der Waals surface area (Å²) in [4.78, 5) is 12.6. The van der Waals surface area contributed by atoms with Gasteiger partial charge in [-0.15, -0.1) is 10.2 Å². The monoisotopic (exact) mass is 395 g/mol. The first kappa shape index (κ1) is 17.8. The molecule has 7 nitrogen and oxygen atoms in total. The van der Waals surface area contributed by atoms with Crippen LogP contribution in [0.2, 0.25) is 0 Å². The number of benzene rings is 3. The first-order valence-electron chi connectivity index (χ1n) is 9.41. The van der Waals surface area contributed by atoms with E-state index in [0.717, 1.165) is 27.6 Å². The molecule has 0 bridgehead atoms. The smallest absolute Gasteiger partial charge is 0.255 e. The molecule has 3 aromatic carbocycles. The third-order valence-electron chi connectivity index (χ3n) is 4.78. The number of nitrogens with one attached hydrogen (secondary N) is 2. The largest absolute Gasteiger partial charge is 0.416 e. The Bertz CT molecular complexity index is 1350. The van der Waals surface area contributed by atoms with Crippen molar-refractivity contribution < 1.29 is 9.21 Å². The zero-order valence-corrected chi connectivity index (χ0v) is 16.1. The number of carbonyl (C=O) groups is 1. The second-order valence-corrected chi connectivity index (χ2v) is 6.99. The van der Waals surface area contributed by atoms with Crippen molar-refractivity contribution in [1.29, 1.82) is 0 Å². The number of aromatic nitrogens is 4. The van der Waals surface area contributed by atoms with Crippen LogP contribution >= 0.6 is 0 Å². The van der Waals surface area contributed by atoms with E-state index in [9.17, 15) is 4.79 Å². The maximum absolute atomic E-state index is 12.6. The van der Waals surface area contributed by atoms with Crippen LogP contribution < -0.4 is 5.32 Å². The Morgan fingerprint density at radius 2 is 1.73 bits per heavy atom. The summed E-state index contributed by atoms with van der Waals surface area (Å²) in [6, 6.07) is 20.5. The quantitative estimate of drug-likeness (QED) is 0.454. The SMILES string of the molecule is Cc1cccc(-c2nnc(-c3ccc(C(=O)Nc4ccc5[nH]ncc5c4)cc3)o2)c1. The van der Waals surface area contributed by atoms with Gasteiger partial charge in [-0.05, 0) is 61.5 Å². The Balaban J connectivity index is 1.33. The summed E-state index contributed by atoms with van der Waals surface area (Å²) in [6.07, 6.45) is 1.72. The molecule has 0 fully saturated rings. The topological polar surface area (TPSA) is 96.7 Å². The molecule has 0 saturated heterocycles. The standard InChI is InChI=1S/C23H17N5O2/c1-14-3-2-4-17(11-14)23-28-27-22(30-23)16-7-5-15(6-8-16)21(29)25-19-9-10-20-18(12-19)13-24-26-20/h2-13H,1H3,(H,24,26)(H,25,29). The number of hydrogen-bond acceptors (Lipinski definition) is 5. The van der Waals surface area contributed by atoms with Crippen molar-refractivity contribution >= 4 is 22.5 Å². The summed E-state index contributed by atoms with van der Waals surface area (Å²) in [7, 11) is 0. The van der Waals surface area contributed by atoms with E-state index in [4.69, 9.17) is 4.42 Å². The van der Waals surface area contributed by atoms with E-state index < -0.39 is 0 Å². The molecule has 0 aliphatic heterocycles. The molecule has 30 heavy (non-hydrogen) atoms. The number of anilines is 1. The fourth-order valence-corrected chi connectivity index (χ4v) is 3.22. The van der Waals surface area contributed by atoms with E-state index >= 15 is 0 Å². The summed E-state index contributed by atoms with van der Waals surface area (Å²) in [5.41, 5.74) is 4.90. The lowest BCUT2D eigenvalue weighted by Gasteiger charge is -2.06. The van der Waals surface area contributed by atoms with Crippen LogP contribution in [-0.4, -0.2) is 26.3 Å². The van der Waals surface area contributed by atoms with Gasteiger partial charge in [-0.2, -0.15) is 5.10 Å². The molecule has 146 valence electrons. The third-order valence-corrected chi connectivity index (χ3v) is 4.78. The van der Waals surface area contributed by atoms with Gasteiger partial charge in [0.2, 0.25) is 11.8 Å². The van der Waals surface area contributed by atoms with Crippen LogP contribution in [0.4, 0.5) is 5.69 Å². The lowest BCUT2D eigenvalue weighted by Crippen LogP contribution is -2.11. The molecular formula is C23H17N5O2. The molecule has 0 saturated carbocycles. The molecule has 0 aliphatic carbocycles. The van der Waals surface area contributed by atoms with E-state index in [-0.39, 0.29) is 5.91 Å². The van der Waals surface area contributed by atoms with Gasteiger partial charge in [-0.25, -0.2) is 0 Å². The zero-order valence-electron chi connectivity index (χ0n) is 16.1. The van der Waals surface area contributed by atoms with Gasteiger partial charge in [-0.3, -0.25) is 9.89 Å². The van der Waals surface area contributed by atoms with Gasteiger partial charge in [0.05, 0.1) is 11.7 Å². The first-order chi connectivity index (χ1) is 14.7. The molecule has 1 amide bonds. The van der Waals surface area contributed by atoms with E-state index in [0.29, 0.717) is 23.0 Å². The van der Waals surface area contributed by atoms with Crippen molar-refractivity contribution in [1.82, 2.24) is 20.4 Å². The van der Waals surface area contributed by atoms with E-state index in [1.165, 1.54) is 0 Å². The molecular weight excluding hydrogens is 378 g/mol. The number of nitrogens with zero attached hydrogens (tertiary/aromatic N) is 3. The van der Waals surface area contributed by atoms with Gasteiger partial charge in [-0.1, -0.05) is 17.7 Å². The van der Waals surface area contributed by atoms with Gasteiger partial charge in [0.25, 0.3) is 5.91 Å². The van der Waals surface area contributed by atoms with Gasteiger partial charge >= 0.3 is 0 Å². The highest BCUT2D eigenvalue weighted by atomic mass is 16.4. The normalized spacial score (nSPS) is 11.0. The number of H-pyrrole nitrogens is 1.